The average Bonchev–Trinajstić information content (AvgIpc) is 3.35. The smallest absolute Gasteiger partial charge is 0.332 e. The van der Waals surface area contributed by atoms with Gasteiger partial charge in [-0.25, -0.2) is 14.7 Å². The van der Waals surface area contributed by atoms with Crippen LogP contribution in [0.1, 0.15) is 49.8 Å². The number of anilines is 2. The predicted octanol–water partition coefficient (Wildman–Crippen LogP) is 3.90. The molecule has 2 fully saturated rings. The molecule has 1 saturated carbocycles. The SMILES string of the molecule is CC1(C)C(=O)N(c2cc3c(cc2Br)C2(CCC2)CO3)C(=O)N1Cc1ccnc2c1CC(=O)N2. The topological polar surface area (TPSA) is 91.8 Å². The lowest BCUT2D eigenvalue weighted by molar-refractivity contribution is -0.123. The standard InChI is InChI=1S/C24H23BrN4O4/c1-23(2)21(31)29(17-10-18-15(9-16(17)25)24(12-33-18)5-3-6-24)22(32)28(23)11-13-4-7-26-20-14(13)8-19(30)27-20/h4,7,9-10H,3,5-6,8,11-12H2,1-2H3,(H,26,27,30). The van der Waals surface area contributed by atoms with Crippen molar-refractivity contribution in [1.82, 2.24) is 9.88 Å². The number of urea groups is 1. The number of nitrogens with one attached hydrogen (secondary N) is 1. The normalized spacial score (nSPS) is 21.7. The second-order valence-electron chi connectivity index (χ2n) is 9.81. The quantitative estimate of drug-likeness (QED) is 0.632. The maximum atomic E-state index is 13.6. The van der Waals surface area contributed by atoms with E-state index in [4.69, 9.17) is 4.74 Å². The van der Waals surface area contributed by atoms with E-state index in [0.717, 1.165) is 35.3 Å². The Morgan fingerprint density at radius 1 is 1.21 bits per heavy atom. The van der Waals surface area contributed by atoms with Gasteiger partial charge in [0, 0.05) is 39.8 Å². The zero-order valence-corrected chi connectivity index (χ0v) is 20.0. The number of pyridine rings is 1. The molecule has 8 nitrogen and oxygen atoms in total. The van der Waals surface area contributed by atoms with Crippen molar-refractivity contribution < 1.29 is 19.1 Å². The molecule has 0 bridgehead atoms. The average molecular weight is 511 g/mol. The van der Waals surface area contributed by atoms with Crippen molar-refractivity contribution in [2.45, 2.75) is 57.0 Å². The highest BCUT2D eigenvalue weighted by atomic mass is 79.9. The third-order valence-electron chi connectivity index (χ3n) is 7.58. The molecule has 0 atom stereocenters. The first-order valence-electron chi connectivity index (χ1n) is 11.1. The predicted molar refractivity (Wildman–Crippen MR) is 124 cm³/mol. The van der Waals surface area contributed by atoms with Gasteiger partial charge in [0.1, 0.15) is 17.1 Å². The molecule has 1 spiro atoms. The Labute approximate surface area is 199 Å². The van der Waals surface area contributed by atoms with Crippen LogP contribution >= 0.6 is 15.9 Å². The lowest BCUT2D eigenvalue weighted by Gasteiger charge is -2.37. The highest BCUT2D eigenvalue weighted by Crippen LogP contribution is 2.54. The Morgan fingerprint density at radius 3 is 2.73 bits per heavy atom. The van der Waals surface area contributed by atoms with Gasteiger partial charge < -0.3 is 15.0 Å². The van der Waals surface area contributed by atoms with Crippen molar-refractivity contribution in [3.05, 3.63) is 45.6 Å². The fraction of sp³-hybridized carbons (Fsp3) is 0.417. The second kappa shape index (κ2) is 6.79. The summed E-state index contributed by atoms with van der Waals surface area (Å²) in [5.74, 6) is 0.847. The molecular weight excluding hydrogens is 488 g/mol. The Morgan fingerprint density at radius 2 is 2.00 bits per heavy atom. The molecule has 1 saturated heterocycles. The van der Waals surface area contributed by atoms with Gasteiger partial charge >= 0.3 is 6.03 Å². The van der Waals surface area contributed by atoms with Gasteiger partial charge in [0.15, 0.2) is 0 Å². The Bertz CT molecular complexity index is 1250. The maximum Gasteiger partial charge on any atom is 0.332 e. The van der Waals surface area contributed by atoms with E-state index < -0.39 is 11.6 Å². The van der Waals surface area contributed by atoms with Gasteiger partial charge in [0.05, 0.1) is 18.7 Å². The number of carbonyl (C=O) groups excluding carboxylic acids is 3. The van der Waals surface area contributed by atoms with Crippen molar-refractivity contribution >= 4 is 45.3 Å². The number of halogens is 1. The molecule has 0 radical (unpaired) electrons. The minimum absolute atomic E-state index is 0.0773. The van der Waals surface area contributed by atoms with Crippen molar-refractivity contribution in [3.63, 3.8) is 0 Å². The third kappa shape index (κ3) is 2.81. The van der Waals surface area contributed by atoms with Crippen LogP contribution in [0.2, 0.25) is 0 Å². The van der Waals surface area contributed by atoms with E-state index in [1.807, 2.05) is 12.1 Å². The number of hydrogen-bond acceptors (Lipinski definition) is 5. The van der Waals surface area contributed by atoms with E-state index in [1.165, 1.54) is 11.3 Å². The van der Waals surface area contributed by atoms with Crippen LogP contribution in [-0.2, 0) is 28.0 Å². The van der Waals surface area contributed by atoms with Gasteiger partial charge in [0.25, 0.3) is 5.91 Å². The van der Waals surface area contributed by atoms with Gasteiger partial charge in [-0.05, 0) is 60.3 Å². The van der Waals surface area contributed by atoms with Gasteiger partial charge in [-0.15, -0.1) is 0 Å². The molecule has 1 aliphatic carbocycles. The van der Waals surface area contributed by atoms with Crippen LogP contribution in [0.5, 0.6) is 5.75 Å². The fourth-order valence-electron chi connectivity index (χ4n) is 5.36. The second-order valence-corrected chi connectivity index (χ2v) is 10.7. The summed E-state index contributed by atoms with van der Waals surface area (Å²) in [7, 11) is 0. The van der Waals surface area contributed by atoms with Crippen molar-refractivity contribution in [2.24, 2.45) is 0 Å². The summed E-state index contributed by atoms with van der Waals surface area (Å²) in [5, 5.41) is 2.73. The zero-order valence-electron chi connectivity index (χ0n) is 18.4. The molecule has 2 aromatic rings. The number of carbonyl (C=O) groups is 3. The number of benzene rings is 1. The number of rotatable bonds is 3. The van der Waals surface area contributed by atoms with Crippen molar-refractivity contribution in [2.75, 3.05) is 16.8 Å². The van der Waals surface area contributed by atoms with Crippen LogP contribution < -0.4 is 15.0 Å². The molecule has 6 rings (SSSR count). The summed E-state index contributed by atoms with van der Waals surface area (Å²) in [6.07, 6.45) is 5.21. The number of ether oxygens (including phenoxy) is 1. The largest absolute Gasteiger partial charge is 0.492 e. The number of nitrogens with zero attached hydrogens (tertiary/aromatic N) is 3. The van der Waals surface area contributed by atoms with Crippen molar-refractivity contribution in [3.8, 4) is 5.75 Å². The first kappa shape index (κ1) is 20.7. The summed E-state index contributed by atoms with van der Waals surface area (Å²) in [6.45, 7) is 4.35. The first-order chi connectivity index (χ1) is 15.7. The van der Waals surface area contributed by atoms with Gasteiger partial charge in [0.2, 0.25) is 5.91 Å². The molecule has 9 heteroatoms. The summed E-state index contributed by atoms with van der Waals surface area (Å²) in [6, 6.07) is 5.23. The minimum atomic E-state index is -1.06. The number of aromatic nitrogens is 1. The molecule has 170 valence electrons. The van der Waals surface area contributed by atoms with E-state index >= 15 is 0 Å². The summed E-state index contributed by atoms with van der Waals surface area (Å²) in [5.41, 5.74) is 2.25. The zero-order chi connectivity index (χ0) is 23.1. The number of imide groups is 1. The molecule has 0 unspecified atom stereocenters. The van der Waals surface area contributed by atoms with E-state index in [2.05, 4.69) is 26.2 Å². The molecule has 1 aromatic heterocycles. The lowest BCUT2D eigenvalue weighted by atomic mass is 9.66. The van der Waals surface area contributed by atoms with E-state index in [9.17, 15) is 14.4 Å². The molecule has 3 aliphatic heterocycles. The fourth-order valence-corrected chi connectivity index (χ4v) is 5.89. The molecule has 4 heterocycles. The van der Waals surface area contributed by atoms with Gasteiger partial charge in [-0.1, -0.05) is 6.42 Å². The number of hydrogen-bond donors (Lipinski definition) is 1. The van der Waals surface area contributed by atoms with Crippen molar-refractivity contribution in [1.29, 1.82) is 0 Å². The summed E-state index contributed by atoms with van der Waals surface area (Å²) < 4.78 is 6.69. The van der Waals surface area contributed by atoms with Crippen LogP contribution in [0.4, 0.5) is 16.3 Å². The lowest BCUT2D eigenvalue weighted by Crippen LogP contribution is -2.43. The van der Waals surface area contributed by atoms with Gasteiger partial charge in [-0.3, -0.25) is 9.59 Å². The summed E-state index contributed by atoms with van der Waals surface area (Å²) in [4.78, 5) is 46.0. The Kier molecular flexibility index (Phi) is 4.25. The van der Waals surface area contributed by atoms with Crippen LogP contribution in [0.25, 0.3) is 0 Å². The number of amides is 4. The first-order valence-corrected chi connectivity index (χ1v) is 11.9. The molecule has 1 aromatic carbocycles. The van der Waals surface area contributed by atoms with Crippen LogP contribution in [0, 0.1) is 0 Å². The molecule has 33 heavy (non-hydrogen) atoms. The highest BCUT2D eigenvalue weighted by Gasteiger charge is 2.53. The highest BCUT2D eigenvalue weighted by molar-refractivity contribution is 9.10. The van der Waals surface area contributed by atoms with Crippen LogP contribution in [-0.4, -0.2) is 39.9 Å². The van der Waals surface area contributed by atoms with E-state index in [1.54, 1.807) is 31.0 Å². The molecule has 1 N–H and O–H groups in total. The molecular formula is C24H23BrN4O4. The molecule has 4 aliphatic rings. The molecule has 4 amide bonds. The van der Waals surface area contributed by atoms with Crippen LogP contribution in [0.3, 0.4) is 0 Å². The summed E-state index contributed by atoms with van der Waals surface area (Å²) >= 11 is 3.62. The Hall–Kier alpha value is -2.94. The number of fused-ring (bicyclic) bond motifs is 3. The van der Waals surface area contributed by atoms with Crippen LogP contribution in [0.15, 0.2) is 28.9 Å². The van der Waals surface area contributed by atoms with E-state index in [-0.39, 0.29) is 30.2 Å². The van der Waals surface area contributed by atoms with Gasteiger partial charge in [-0.2, -0.15) is 0 Å². The Balaban J connectivity index is 1.36. The third-order valence-corrected chi connectivity index (χ3v) is 8.21. The van der Waals surface area contributed by atoms with E-state index in [0.29, 0.717) is 22.6 Å². The maximum absolute atomic E-state index is 13.6. The minimum Gasteiger partial charge on any atom is -0.492 e. The monoisotopic (exact) mass is 510 g/mol.